The number of hydrogen-bond acceptors (Lipinski definition) is 9. The van der Waals surface area contributed by atoms with Crippen molar-refractivity contribution in [2.24, 2.45) is 0 Å². The van der Waals surface area contributed by atoms with Crippen LogP contribution in [0, 0.1) is 0 Å². The Morgan fingerprint density at radius 3 is 2.19 bits per heavy atom. The third-order valence-corrected chi connectivity index (χ3v) is 4.18. The quantitative estimate of drug-likeness (QED) is 0.234. The van der Waals surface area contributed by atoms with Crippen LogP contribution in [0.2, 0.25) is 0 Å². The zero-order valence-electron chi connectivity index (χ0n) is 14.4. The zero-order valence-corrected chi connectivity index (χ0v) is 14.4. The number of carbonyl (C=O) groups excluding carboxylic acids is 1. The highest BCUT2D eigenvalue weighted by Crippen LogP contribution is 2.22. The number of rotatable bonds is 9. The van der Waals surface area contributed by atoms with Crippen molar-refractivity contribution in [2.45, 2.75) is 90.5 Å². The maximum atomic E-state index is 11.6. The molecule has 0 aliphatic carbocycles. The molecule has 0 saturated carbocycles. The molecule has 0 bridgehead atoms. The summed E-state index contributed by atoms with van der Waals surface area (Å²) >= 11 is 0. The predicted octanol–water partition coefficient (Wildman–Crippen LogP) is -1.90. The van der Waals surface area contributed by atoms with Crippen molar-refractivity contribution >= 4 is 5.91 Å². The van der Waals surface area contributed by atoms with Crippen LogP contribution in [0.15, 0.2) is 0 Å². The Hall–Kier alpha value is -0.850. The molecule has 8 atom stereocenters. The van der Waals surface area contributed by atoms with E-state index in [9.17, 15) is 30.3 Å². The summed E-state index contributed by atoms with van der Waals surface area (Å²) in [6.07, 6.45) is -9.21. The van der Waals surface area contributed by atoms with Gasteiger partial charge in [-0.2, -0.15) is 0 Å². The standard InChI is InChI=1S/C15H29NO9.2CH4/c1-3-8(18)11(20)7(16-10(19)4-2)6-24-15-14(23)13(22)12(21)9(5-17)25-15;;/h7-9,11-15,17-18,20-23H,3-6H2,1-2H3,(H,16,19);2*1H4/t7-,8+,9+,11-,12-,13-,14+,15-;;/m0../s1. The van der Waals surface area contributed by atoms with Crippen molar-refractivity contribution in [1.82, 2.24) is 5.32 Å². The van der Waals surface area contributed by atoms with E-state index in [1.165, 1.54) is 0 Å². The van der Waals surface area contributed by atoms with Crippen LogP contribution in [0.3, 0.4) is 0 Å². The molecule has 10 nitrogen and oxygen atoms in total. The second-order valence-electron chi connectivity index (χ2n) is 6.02. The van der Waals surface area contributed by atoms with Gasteiger partial charge in [-0.25, -0.2) is 0 Å². The van der Waals surface area contributed by atoms with Gasteiger partial charge >= 0.3 is 0 Å². The van der Waals surface area contributed by atoms with Crippen molar-refractivity contribution in [2.75, 3.05) is 13.2 Å². The molecule has 0 aromatic carbocycles. The molecule has 1 fully saturated rings. The van der Waals surface area contributed by atoms with Crippen LogP contribution in [0.1, 0.15) is 41.5 Å². The van der Waals surface area contributed by atoms with Gasteiger partial charge < -0.3 is 45.4 Å². The first-order valence-corrected chi connectivity index (χ1v) is 8.34. The number of ether oxygens (including phenoxy) is 2. The van der Waals surface area contributed by atoms with E-state index >= 15 is 0 Å². The molecule has 10 heteroatoms. The minimum Gasteiger partial charge on any atom is -0.394 e. The second-order valence-corrected chi connectivity index (χ2v) is 6.02. The number of hydrogen-bond donors (Lipinski definition) is 7. The zero-order chi connectivity index (χ0) is 19.1. The molecule has 1 aliphatic rings. The topological polar surface area (TPSA) is 169 Å². The second kappa shape index (κ2) is 13.3. The van der Waals surface area contributed by atoms with Gasteiger partial charge in [0.1, 0.15) is 30.5 Å². The fourth-order valence-corrected chi connectivity index (χ4v) is 2.45. The predicted molar refractivity (Wildman–Crippen MR) is 97.7 cm³/mol. The summed E-state index contributed by atoms with van der Waals surface area (Å²) in [5, 5.41) is 60.9. The monoisotopic (exact) mass is 399 g/mol. The van der Waals surface area contributed by atoms with Crippen molar-refractivity contribution in [3.05, 3.63) is 0 Å². The van der Waals surface area contributed by atoms with E-state index in [-0.39, 0.29) is 40.2 Å². The number of aliphatic hydroxyl groups is 6. The van der Waals surface area contributed by atoms with E-state index < -0.39 is 55.6 Å². The maximum Gasteiger partial charge on any atom is 0.220 e. The first-order chi connectivity index (χ1) is 11.8. The summed E-state index contributed by atoms with van der Waals surface area (Å²) < 4.78 is 10.5. The highest BCUT2D eigenvalue weighted by atomic mass is 16.7. The number of nitrogens with one attached hydrogen (secondary N) is 1. The molecular formula is C17H37NO9. The minimum absolute atomic E-state index is 0. The van der Waals surface area contributed by atoms with Gasteiger partial charge in [0.2, 0.25) is 5.91 Å². The van der Waals surface area contributed by atoms with Gasteiger partial charge in [-0.3, -0.25) is 4.79 Å². The van der Waals surface area contributed by atoms with Crippen molar-refractivity contribution < 1.29 is 44.9 Å². The van der Waals surface area contributed by atoms with E-state index in [0.717, 1.165) is 0 Å². The average molecular weight is 399 g/mol. The van der Waals surface area contributed by atoms with Crippen molar-refractivity contribution in [3.63, 3.8) is 0 Å². The molecule has 0 radical (unpaired) electrons. The molecule has 1 saturated heterocycles. The lowest BCUT2D eigenvalue weighted by molar-refractivity contribution is -0.303. The van der Waals surface area contributed by atoms with Gasteiger partial charge in [-0.05, 0) is 6.42 Å². The molecule has 1 aliphatic heterocycles. The molecule has 0 unspecified atom stereocenters. The molecule has 0 spiro atoms. The Morgan fingerprint density at radius 2 is 1.70 bits per heavy atom. The maximum absolute atomic E-state index is 11.6. The largest absolute Gasteiger partial charge is 0.394 e. The summed E-state index contributed by atoms with van der Waals surface area (Å²) in [7, 11) is 0. The first kappa shape index (κ1) is 28.4. The number of carbonyl (C=O) groups is 1. The van der Waals surface area contributed by atoms with Gasteiger partial charge in [0, 0.05) is 6.42 Å². The van der Waals surface area contributed by atoms with Crippen LogP contribution in [-0.2, 0) is 14.3 Å². The van der Waals surface area contributed by atoms with Crippen LogP contribution in [0.25, 0.3) is 0 Å². The van der Waals surface area contributed by atoms with Gasteiger partial charge in [0.15, 0.2) is 6.29 Å². The highest BCUT2D eigenvalue weighted by Gasteiger charge is 2.44. The van der Waals surface area contributed by atoms with Crippen molar-refractivity contribution in [1.29, 1.82) is 0 Å². The lowest BCUT2D eigenvalue weighted by Crippen LogP contribution is -2.60. The van der Waals surface area contributed by atoms with E-state index in [2.05, 4.69) is 5.32 Å². The first-order valence-electron chi connectivity index (χ1n) is 8.34. The summed E-state index contributed by atoms with van der Waals surface area (Å²) in [4.78, 5) is 11.6. The molecule has 1 rings (SSSR count). The van der Waals surface area contributed by atoms with E-state index in [0.29, 0.717) is 0 Å². The normalized spacial score (nSPS) is 31.0. The summed E-state index contributed by atoms with van der Waals surface area (Å²) in [6.45, 7) is 2.35. The Bertz CT molecular complexity index is 410. The van der Waals surface area contributed by atoms with Crippen LogP contribution in [-0.4, -0.2) is 98.7 Å². The minimum atomic E-state index is -1.59. The van der Waals surface area contributed by atoms with E-state index in [4.69, 9.17) is 14.6 Å². The van der Waals surface area contributed by atoms with Gasteiger partial charge in [-0.1, -0.05) is 28.7 Å². The summed E-state index contributed by atoms with van der Waals surface area (Å²) in [5.74, 6) is -0.371. The SMILES string of the molecule is C.C.CCC(=O)N[C@@H](CO[C@H]1O[C@H](CO)[C@H](O)[C@H](O)[C@H]1O)[C@H](O)[C@H](O)CC. The van der Waals surface area contributed by atoms with Crippen LogP contribution >= 0.6 is 0 Å². The van der Waals surface area contributed by atoms with E-state index in [1.54, 1.807) is 13.8 Å². The highest BCUT2D eigenvalue weighted by molar-refractivity contribution is 5.75. The van der Waals surface area contributed by atoms with Gasteiger partial charge in [-0.15, -0.1) is 0 Å². The summed E-state index contributed by atoms with van der Waals surface area (Å²) in [6, 6.07) is -0.977. The fourth-order valence-electron chi connectivity index (χ4n) is 2.45. The molecular weight excluding hydrogens is 362 g/mol. The summed E-state index contributed by atoms with van der Waals surface area (Å²) in [5.41, 5.74) is 0. The molecule has 0 aromatic rings. The molecule has 7 N–H and O–H groups in total. The van der Waals surface area contributed by atoms with E-state index in [1.807, 2.05) is 0 Å². The van der Waals surface area contributed by atoms with Crippen LogP contribution in [0.4, 0.5) is 0 Å². The fraction of sp³-hybridized carbons (Fsp3) is 0.941. The molecule has 1 amide bonds. The Balaban J connectivity index is 0. The third-order valence-electron chi connectivity index (χ3n) is 4.18. The molecule has 0 aromatic heterocycles. The van der Waals surface area contributed by atoms with Gasteiger partial charge in [0.25, 0.3) is 0 Å². The third kappa shape index (κ3) is 7.59. The molecule has 27 heavy (non-hydrogen) atoms. The van der Waals surface area contributed by atoms with Gasteiger partial charge in [0.05, 0.1) is 25.4 Å². The van der Waals surface area contributed by atoms with Crippen LogP contribution in [0.5, 0.6) is 0 Å². The van der Waals surface area contributed by atoms with Crippen LogP contribution < -0.4 is 5.32 Å². The Labute approximate surface area is 160 Å². The lowest BCUT2D eigenvalue weighted by atomic mass is 9.99. The van der Waals surface area contributed by atoms with Crippen molar-refractivity contribution in [3.8, 4) is 0 Å². The Morgan fingerprint density at radius 1 is 1.11 bits per heavy atom. The number of aliphatic hydroxyl groups excluding tert-OH is 6. The Kier molecular flexibility index (Phi) is 14.0. The lowest BCUT2D eigenvalue weighted by Gasteiger charge is -2.40. The molecule has 164 valence electrons. The average Bonchev–Trinajstić information content (AvgIpc) is 2.62. The smallest absolute Gasteiger partial charge is 0.220 e. The molecule has 1 heterocycles. The number of amides is 1.